The summed E-state index contributed by atoms with van der Waals surface area (Å²) in [6.45, 7) is 1.28. The third-order valence-corrected chi connectivity index (χ3v) is 6.11. The Morgan fingerprint density at radius 2 is 2.20 bits per heavy atom. The van der Waals surface area contributed by atoms with Crippen molar-refractivity contribution in [3.05, 3.63) is 23.8 Å². The van der Waals surface area contributed by atoms with Gasteiger partial charge in [-0.15, -0.1) is 0 Å². The summed E-state index contributed by atoms with van der Waals surface area (Å²) in [5, 5.41) is 12.6. The number of hydrogen-bond donors (Lipinski definition) is 2. The first-order valence-electron chi connectivity index (χ1n) is 7.12. The fourth-order valence-electron chi connectivity index (χ4n) is 3.04. The van der Waals surface area contributed by atoms with Crippen molar-refractivity contribution in [2.24, 2.45) is 0 Å². The van der Waals surface area contributed by atoms with Crippen LogP contribution in [-0.4, -0.2) is 43.6 Å². The summed E-state index contributed by atoms with van der Waals surface area (Å²) in [6.07, 6.45) is 3.62. The van der Waals surface area contributed by atoms with E-state index in [4.69, 9.17) is 0 Å². The van der Waals surface area contributed by atoms with Crippen LogP contribution in [0.25, 0.3) is 0 Å². The molecular formula is C14H20N2O3S. The summed E-state index contributed by atoms with van der Waals surface area (Å²) in [6, 6.07) is 5.05. The summed E-state index contributed by atoms with van der Waals surface area (Å²) < 4.78 is 26.8. The minimum atomic E-state index is -3.50. The number of benzene rings is 1. The summed E-state index contributed by atoms with van der Waals surface area (Å²) >= 11 is 0. The molecule has 0 amide bonds. The SMILES string of the molecule is O=S(=O)(c1ccc2c(c1)NCCC2)N1CCCC1CO. The van der Waals surface area contributed by atoms with E-state index in [-0.39, 0.29) is 12.6 Å². The maximum absolute atomic E-state index is 12.7. The lowest BCUT2D eigenvalue weighted by atomic mass is 10.0. The Morgan fingerprint density at radius 1 is 1.35 bits per heavy atom. The van der Waals surface area contributed by atoms with Crippen molar-refractivity contribution in [1.82, 2.24) is 4.31 Å². The lowest BCUT2D eigenvalue weighted by Gasteiger charge is -2.24. The monoisotopic (exact) mass is 296 g/mol. The quantitative estimate of drug-likeness (QED) is 0.879. The Labute approximate surface area is 119 Å². The van der Waals surface area contributed by atoms with Crippen molar-refractivity contribution in [3.8, 4) is 0 Å². The van der Waals surface area contributed by atoms with E-state index in [1.165, 1.54) is 9.87 Å². The highest BCUT2D eigenvalue weighted by Crippen LogP contribution is 2.30. The zero-order valence-corrected chi connectivity index (χ0v) is 12.2. The maximum Gasteiger partial charge on any atom is 0.243 e. The fourth-order valence-corrected chi connectivity index (χ4v) is 4.76. The number of aliphatic hydroxyl groups is 1. The lowest BCUT2D eigenvalue weighted by Crippen LogP contribution is -2.37. The van der Waals surface area contributed by atoms with Gasteiger partial charge < -0.3 is 10.4 Å². The Kier molecular flexibility index (Phi) is 3.70. The van der Waals surface area contributed by atoms with Crippen LogP contribution in [0.1, 0.15) is 24.8 Å². The number of hydrogen-bond acceptors (Lipinski definition) is 4. The highest BCUT2D eigenvalue weighted by Gasteiger charge is 2.35. The highest BCUT2D eigenvalue weighted by atomic mass is 32.2. The third kappa shape index (κ3) is 2.32. The molecule has 0 radical (unpaired) electrons. The van der Waals surface area contributed by atoms with Crippen LogP contribution in [0.5, 0.6) is 0 Å². The minimum absolute atomic E-state index is 0.109. The van der Waals surface area contributed by atoms with Gasteiger partial charge in [0.1, 0.15) is 0 Å². The summed E-state index contributed by atoms with van der Waals surface area (Å²) in [5.74, 6) is 0. The average Bonchev–Trinajstić information content (AvgIpc) is 2.96. The zero-order chi connectivity index (χ0) is 14.2. The van der Waals surface area contributed by atoms with Crippen LogP contribution in [-0.2, 0) is 16.4 Å². The van der Waals surface area contributed by atoms with Crippen LogP contribution in [0.3, 0.4) is 0 Å². The molecule has 1 aromatic carbocycles. The fraction of sp³-hybridized carbons (Fsp3) is 0.571. The number of nitrogens with one attached hydrogen (secondary N) is 1. The number of fused-ring (bicyclic) bond motifs is 1. The van der Waals surface area contributed by atoms with Gasteiger partial charge in [-0.2, -0.15) is 4.31 Å². The molecule has 5 nitrogen and oxygen atoms in total. The van der Waals surface area contributed by atoms with Crippen LogP contribution in [0.2, 0.25) is 0 Å². The predicted octanol–water partition coefficient (Wildman–Crippen LogP) is 1.19. The number of sulfonamides is 1. The van der Waals surface area contributed by atoms with Crippen molar-refractivity contribution in [2.75, 3.05) is 25.0 Å². The van der Waals surface area contributed by atoms with E-state index in [2.05, 4.69) is 5.32 Å². The molecule has 2 N–H and O–H groups in total. The zero-order valence-electron chi connectivity index (χ0n) is 11.4. The van der Waals surface area contributed by atoms with E-state index in [0.29, 0.717) is 11.4 Å². The largest absolute Gasteiger partial charge is 0.395 e. The molecule has 0 saturated carbocycles. The Balaban J connectivity index is 1.95. The van der Waals surface area contributed by atoms with E-state index in [1.54, 1.807) is 12.1 Å². The summed E-state index contributed by atoms with van der Waals surface area (Å²) in [4.78, 5) is 0.325. The molecule has 1 saturated heterocycles. The molecule has 1 unspecified atom stereocenters. The molecule has 3 rings (SSSR count). The molecular weight excluding hydrogens is 276 g/mol. The summed E-state index contributed by atoms with van der Waals surface area (Å²) in [5.41, 5.74) is 2.10. The second kappa shape index (κ2) is 5.35. The Morgan fingerprint density at radius 3 is 3.00 bits per heavy atom. The molecule has 2 aliphatic heterocycles. The van der Waals surface area contributed by atoms with E-state index < -0.39 is 10.0 Å². The summed E-state index contributed by atoms with van der Waals surface area (Å²) in [7, 11) is -3.50. The smallest absolute Gasteiger partial charge is 0.243 e. The second-order valence-corrected chi connectivity index (χ2v) is 7.33. The first-order valence-corrected chi connectivity index (χ1v) is 8.56. The van der Waals surface area contributed by atoms with E-state index in [0.717, 1.165) is 37.9 Å². The molecule has 6 heteroatoms. The molecule has 110 valence electrons. The molecule has 0 spiro atoms. The molecule has 0 bridgehead atoms. The van der Waals surface area contributed by atoms with Gasteiger partial charge in [-0.1, -0.05) is 6.07 Å². The molecule has 1 atom stereocenters. The van der Waals surface area contributed by atoms with Gasteiger partial charge in [0.05, 0.1) is 11.5 Å². The van der Waals surface area contributed by atoms with Crippen molar-refractivity contribution < 1.29 is 13.5 Å². The third-order valence-electron chi connectivity index (χ3n) is 4.16. The van der Waals surface area contributed by atoms with Gasteiger partial charge in [0.15, 0.2) is 0 Å². The normalized spacial score (nSPS) is 23.4. The minimum Gasteiger partial charge on any atom is -0.395 e. The van der Waals surface area contributed by atoms with Crippen LogP contribution in [0, 0.1) is 0 Å². The van der Waals surface area contributed by atoms with Crippen molar-refractivity contribution >= 4 is 15.7 Å². The van der Waals surface area contributed by atoms with Gasteiger partial charge in [0.2, 0.25) is 10.0 Å². The number of nitrogens with zero attached hydrogens (tertiary/aromatic N) is 1. The Bertz CT molecular complexity index is 600. The molecule has 1 aromatic rings. The lowest BCUT2D eigenvalue weighted by molar-refractivity contribution is 0.213. The second-order valence-electron chi connectivity index (χ2n) is 5.44. The first-order chi connectivity index (χ1) is 9.63. The topological polar surface area (TPSA) is 69.6 Å². The van der Waals surface area contributed by atoms with Gasteiger partial charge in [0.25, 0.3) is 0 Å². The average molecular weight is 296 g/mol. The van der Waals surface area contributed by atoms with Crippen LogP contribution in [0.4, 0.5) is 5.69 Å². The van der Waals surface area contributed by atoms with Crippen molar-refractivity contribution in [2.45, 2.75) is 36.6 Å². The number of aliphatic hydroxyl groups excluding tert-OH is 1. The molecule has 0 aliphatic carbocycles. The van der Waals surface area contributed by atoms with Crippen LogP contribution < -0.4 is 5.32 Å². The van der Waals surface area contributed by atoms with Gasteiger partial charge in [-0.3, -0.25) is 0 Å². The maximum atomic E-state index is 12.7. The van der Waals surface area contributed by atoms with Crippen LogP contribution in [0.15, 0.2) is 23.1 Å². The van der Waals surface area contributed by atoms with Gasteiger partial charge in [-0.25, -0.2) is 8.42 Å². The van der Waals surface area contributed by atoms with Gasteiger partial charge >= 0.3 is 0 Å². The predicted molar refractivity (Wildman–Crippen MR) is 77.3 cm³/mol. The highest BCUT2D eigenvalue weighted by molar-refractivity contribution is 7.89. The van der Waals surface area contributed by atoms with E-state index in [9.17, 15) is 13.5 Å². The standard InChI is InChI=1S/C14H20N2O3S/c17-10-12-4-2-8-16(12)20(18,19)13-6-5-11-3-1-7-15-14(11)9-13/h5-6,9,12,15,17H,1-4,7-8,10H2. The van der Waals surface area contributed by atoms with E-state index in [1.807, 2.05) is 6.07 Å². The van der Waals surface area contributed by atoms with Gasteiger partial charge in [0, 0.05) is 24.8 Å². The first kappa shape index (κ1) is 13.9. The number of anilines is 1. The molecule has 20 heavy (non-hydrogen) atoms. The number of aryl methyl sites for hydroxylation is 1. The molecule has 0 aromatic heterocycles. The Hall–Kier alpha value is -1.11. The molecule has 1 fully saturated rings. The van der Waals surface area contributed by atoms with Crippen molar-refractivity contribution in [3.63, 3.8) is 0 Å². The van der Waals surface area contributed by atoms with Gasteiger partial charge in [-0.05, 0) is 43.4 Å². The van der Waals surface area contributed by atoms with E-state index >= 15 is 0 Å². The van der Waals surface area contributed by atoms with Crippen LogP contribution >= 0.6 is 0 Å². The molecule has 2 aliphatic rings. The molecule has 2 heterocycles. The van der Waals surface area contributed by atoms with Crippen molar-refractivity contribution in [1.29, 1.82) is 0 Å². The number of rotatable bonds is 3.